The predicted octanol–water partition coefficient (Wildman–Crippen LogP) is 14.3. The lowest BCUT2D eigenvalue weighted by Crippen LogP contribution is -2.10. The number of hydrogen-bond acceptors (Lipinski definition) is 1. The highest BCUT2D eigenvalue weighted by atomic mass is 15.1. The fourth-order valence-corrected chi connectivity index (χ4v) is 8.59. The van der Waals surface area contributed by atoms with Crippen LogP contribution in [0.15, 0.2) is 188 Å². The van der Waals surface area contributed by atoms with Crippen molar-refractivity contribution in [2.24, 2.45) is 0 Å². The highest BCUT2D eigenvalue weighted by Gasteiger charge is 2.27. The molecule has 0 radical (unpaired) electrons. The van der Waals surface area contributed by atoms with Crippen molar-refractivity contribution in [2.75, 3.05) is 4.90 Å². The predicted molar refractivity (Wildman–Crippen MR) is 226 cm³/mol. The number of aromatic nitrogens is 1. The third kappa shape index (κ3) is 5.18. The molecule has 0 fully saturated rings. The molecule has 1 aliphatic carbocycles. The van der Waals surface area contributed by atoms with Gasteiger partial charge >= 0.3 is 0 Å². The average Bonchev–Trinajstić information content (AvgIpc) is 3.55. The van der Waals surface area contributed by atoms with Crippen molar-refractivity contribution in [3.63, 3.8) is 0 Å². The minimum atomic E-state index is 0.373. The summed E-state index contributed by atoms with van der Waals surface area (Å²) in [6.45, 7) is 2.39. The van der Waals surface area contributed by atoms with Gasteiger partial charge in [0.1, 0.15) is 0 Å². The SMILES string of the molecule is CC1CC=Cc2c1c(-n1c3ccccc3c3ccccc31)c1ccccc1c2-c1ccc(-c2ccc(N(c3ccccc3)c3ccccc3)cc2)cc1. The normalized spacial score (nSPS) is 13.8. The van der Waals surface area contributed by atoms with Gasteiger partial charge in [-0.3, -0.25) is 0 Å². The minimum Gasteiger partial charge on any atom is -0.311 e. The van der Waals surface area contributed by atoms with Crippen molar-refractivity contribution < 1.29 is 0 Å². The van der Waals surface area contributed by atoms with Gasteiger partial charge in [0.15, 0.2) is 0 Å². The average molecular weight is 679 g/mol. The molecule has 1 aromatic heterocycles. The Morgan fingerprint density at radius 3 is 1.49 bits per heavy atom. The first-order valence-electron chi connectivity index (χ1n) is 18.6. The number of para-hydroxylation sites is 4. The molecule has 53 heavy (non-hydrogen) atoms. The summed E-state index contributed by atoms with van der Waals surface area (Å²) >= 11 is 0. The second-order valence-corrected chi connectivity index (χ2v) is 14.1. The molecule has 2 nitrogen and oxygen atoms in total. The Hall–Kier alpha value is -6.64. The monoisotopic (exact) mass is 678 g/mol. The van der Waals surface area contributed by atoms with Crippen LogP contribution in [0.25, 0.3) is 66.6 Å². The van der Waals surface area contributed by atoms with Crippen LogP contribution in [0.3, 0.4) is 0 Å². The molecule has 2 heteroatoms. The molecule has 0 N–H and O–H groups in total. The Morgan fingerprint density at radius 2 is 0.906 bits per heavy atom. The third-order valence-corrected chi connectivity index (χ3v) is 11.0. The van der Waals surface area contributed by atoms with Crippen molar-refractivity contribution >= 4 is 55.7 Å². The topological polar surface area (TPSA) is 8.17 Å². The van der Waals surface area contributed by atoms with Gasteiger partial charge in [0, 0.05) is 33.2 Å². The van der Waals surface area contributed by atoms with Gasteiger partial charge in [-0.2, -0.15) is 0 Å². The van der Waals surface area contributed by atoms with Crippen LogP contribution in [0.4, 0.5) is 17.1 Å². The van der Waals surface area contributed by atoms with Crippen LogP contribution in [-0.2, 0) is 0 Å². The minimum absolute atomic E-state index is 0.373. The molecule has 0 spiro atoms. The van der Waals surface area contributed by atoms with E-state index in [0.717, 1.165) is 23.5 Å². The molecule has 9 aromatic rings. The molecule has 1 atom stereocenters. The quantitative estimate of drug-likeness (QED) is 0.170. The Bertz CT molecular complexity index is 2700. The van der Waals surface area contributed by atoms with E-state index in [-0.39, 0.29) is 0 Å². The van der Waals surface area contributed by atoms with Crippen molar-refractivity contribution in [1.29, 1.82) is 0 Å². The van der Waals surface area contributed by atoms with Gasteiger partial charge in [0.25, 0.3) is 0 Å². The van der Waals surface area contributed by atoms with Crippen molar-refractivity contribution in [3.05, 3.63) is 199 Å². The number of fused-ring (bicyclic) bond motifs is 5. The second kappa shape index (κ2) is 12.8. The van der Waals surface area contributed by atoms with Crippen LogP contribution < -0.4 is 4.90 Å². The maximum atomic E-state index is 2.54. The molecule has 1 aliphatic rings. The molecular formula is C51H38N2. The van der Waals surface area contributed by atoms with Crippen LogP contribution in [0, 0.1) is 0 Å². The zero-order valence-corrected chi connectivity index (χ0v) is 29.7. The number of anilines is 3. The number of nitrogens with zero attached hydrogens (tertiary/aromatic N) is 2. The molecule has 0 saturated heterocycles. The van der Waals surface area contributed by atoms with E-state index in [4.69, 9.17) is 0 Å². The summed E-state index contributed by atoms with van der Waals surface area (Å²) in [5.41, 5.74) is 14.9. The number of hydrogen-bond donors (Lipinski definition) is 0. The number of benzene rings is 8. The Balaban J connectivity index is 1.09. The van der Waals surface area contributed by atoms with E-state index in [9.17, 15) is 0 Å². The molecule has 10 rings (SSSR count). The Kier molecular flexibility index (Phi) is 7.54. The zero-order chi connectivity index (χ0) is 35.3. The molecular weight excluding hydrogens is 641 g/mol. The van der Waals surface area contributed by atoms with E-state index in [1.807, 2.05) is 0 Å². The lowest BCUT2D eigenvalue weighted by Gasteiger charge is -2.28. The van der Waals surface area contributed by atoms with Crippen molar-refractivity contribution in [3.8, 4) is 27.9 Å². The van der Waals surface area contributed by atoms with E-state index in [2.05, 4.69) is 211 Å². The van der Waals surface area contributed by atoms with E-state index in [0.29, 0.717) is 5.92 Å². The van der Waals surface area contributed by atoms with E-state index in [1.54, 1.807) is 0 Å². The summed E-state index contributed by atoms with van der Waals surface area (Å²) < 4.78 is 2.54. The van der Waals surface area contributed by atoms with E-state index < -0.39 is 0 Å². The summed E-state index contributed by atoms with van der Waals surface area (Å²) in [5, 5.41) is 5.15. The zero-order valence-electron chi connectivity index (χ0n) is 29.7. The van der Waals surface area contributed by atoms with Crippen LogP contribution in [-0.4, -0.2) is 4.57 Å². The summed E-state index contributed by atoms with van der Waals surface area (Å²) in [5.74, 6) is 0.373. The fraction of sp³-hybridized carbons (Fsp3) is 0.0588. The standard InChI is InChI=1S/C51H38N2/c1-35-15-14-24-46-49(35)51(53-47-25-12-10-20-42(47)43-21-11-13-26-48(43)53)45-23-9-8-22-44(45)50(46)38-29-27-36(28-30-38)37-31-33-41(34-32-37)52(39-16-4-2-5-17-39)40-18-6-3-7-19-40/h2-14,16-35H,15H2,1H3. The highest BCUT2D eigenvalue weighted by molar-refractivity contribution is 6.13. The van der Waals surface area contributed by atoms with E-state index in [1.165, 1.54) is 71.6 Å². The summed E-state index contributed by atoms with van der Waals surface area (Å²) in [7, 11) is 0. The van der Waals surface area contributed by atoms with Gasteiger partial charge in [-0.1, -0.05) is 153 Å². The first-order valence-corrected chi connectivity index (χ1v) is 18.6. The van der Waals surface area contributed by atoms with Gasteiger partial charge in [0.2, 0.25) is 0 Å². The summed E-state index contributed by atoms with van der Waals surface area (Å²) in [6.07, 6.45) is 5.77. The molecule has 1 heterocycles. The molecule has 1 unspecified atom stereocenters. The highest BCUT2D eigenvalue weighted by Crippen LogP contribution is 2.48. The third-order valence-electron chi connectivity index (χ3n) is 11.0. The van der Waals surface area contributed by atoms with Gasteiger partial charge < -0.3 is 9.47 Å². The number of allylic oxidation sites excluding steroid dienone is 1. The summed E-state index contributed by atoms with van der Waals surface area (Å²) in [6, 6.07) is 66.0. The first kappa shape index (κ1) is 31.1. The smallest absolute Gasteiger partial charge is 0.0581 e. The maximum absolute atomic E-state index is 2.54. The largest absolute Gasteiger partial charge is 0.311 e. The van der Waals surface area contributed by atoms with Crippen LogP contribution in [0.2, 0.25) is 0 Å². The van der Waals surface area contributed by atoms with Gasteiger partial charge in [-0.05, 0) is 99.6 Å². The molecule has 8 aromatic carbocycles. The lowest BCUT2D eigenvalue weighted by atomic mass is 9.79. The molecule has 0 saturated carbocycles. The molecule has 0 amide bonds. The van der Waals surface area contributed by atoms with Gasteiger partial charge in [0.05, 0.1) is 16.7 Å². The first-order chi connectivity index (χ1) is 26.2. The fourth-order valence-electron chi connectivity index (χ4n) is 8.59. The molecule has 0 aliphatic heterocycles. The van der Waals surface area contributed by atoms with Crippen molar-refractivity contribution in [1.82, 2.24) is 4.57 Å². The van der Waals surface area contributed by atoms with Crippen LogP contribution in [0.5, 0.6) is 0 Å². The van der Waals surface area contributed by atoms with Crippen LogP contribution in [0.1, 0.15) is 30.4 Å². The van der Waals surface area contributed by atoms with Crippen molar-refractivity contribution in [2.45, 2.75) is 19.3 Å². The molecule has 252 valence electrons. The maximum Gasteiger partial charge on any atom is 0.0581 e. The lowest BCUT2D eigenvalue weighted by molar-refractivity contribution is 0.767. The van der Waals surface area contributed by atoms with Gasteiger partial charge in [-0.25, -0.2) is 0 Å². The van der Waals surface area contributed by atoms with Gasteiger partial charge in [-0.15, -0.1) is 0 Å². The Morgan fingerprint density at radius 1 is 0.453 bits per heavy atom. The number of rotatable bonds is 6. The summed E-state index contributed by atoms with van der Waals surface area (Å²) in [4.78, 5) is 2.30. The second-order valence-electron chi connectivity index (χ2n) is 14.1. The van der Waals surface area contributed by atoms with E-state index >= 15 is 0 Å². The van der Waals surface area contributed by atoms with Crippen LogP contribution >= 0.6 is 0 Å². The Labute approximate surface area is 310 Å². The molecule has 0 bridgehead atoms.